The topological polar surface area (TPSA) is 24.9 Å². The van der Waals surface area contributed by atoms with Crippen LogP contribution >= 0.6 is 11.3 Å². The van der Waals surface area contributed by atoms with Crippen molar-refractivity contribution in [1.29, 1.82) is 0 Å². The van der Waals surface area contributed by atoms with Crippen LogP contribution in [0, 0.1) is 24.7 Å². The van der Waals surface area contributed by atoms with Crippen LogP contribution in [-0.2, 0) is 6.42 Å². The molecule has 0 amide bonds. The lowest BCUT2D eigenvalue weighted by Crippen LogP contribution is -2.37. The summed E-state index contributed by atoms with van der Waals surface area (Å²) in [7, 11) is 0. The van der Waals surface area contributed by atoms with E-state index < -0.39 is 0 Å². The Bertz CT molecular complexity index is 346. The molecule has 0 aliphatic heterocycles. The monoisotopic (exact) mass is 252 g/mol. The molecule has 0 aromatic carbocycles. The molecule has 1 aromatic heterocycles. The van der Waals surface area contributed by atoms with Gasteiger partial charge in [-0.3, -0.25) is 0 Å². The predicted octanol–water partition coefficient (Wildman–Crippen LogP) is 3.27. The lowest BCUT2D eigenvalue weighted by Gasteiger charge is -2.36. The maximum Gasteiger partial charge on any atom is 0.0930 e. The van der Waals surface area contributed by atoms with Gasteiger partial charge in [0.15, 0.2) is 0 Å². The van der Waals surface area contributed by atoms with Gasteiger partial charge in [0, 0.05) is 17.5 Å². The van der Waals surface area contributed by atoms with E-state index in [0.29, 0.717) is 0 Å². The van der Waals surface area contributed by atoms with E-state index in [1.165, 1.54) is 36.5 Å². The van der Waals surface area contributed by atoms with Crippen LogP contribution < -0.4 is 5.32 Å². The second-order valence-corrected chi connectivity index (χ2v) is 6.68. The van der Waals surface area contributed by atoms with Crippen LogP contribution in [0.4, 0.5) is 0 Å². The van der Waals surface area contributed by atoms with Gasteiger partial charge in [-0.05, 0) is 50.6 Å². The predicted molar refractivity (Wildman–Crippen MR) is 74.5 cm³/mol. The van der Waals surface area contributed by atoms with Crippen molar-refractivity contribution in [3.05, 3.63) is 16.1 Å². The fourth-order valence-electron chi connectivity index (χ4n) is 2.45. The molecule has 0 saturated heterocycles. The van der Waals surface area contributed by atoms with Crippen LogP contribution in [0.1, 0.15) is 37.4 Å². The Morgan fingerprint density at radius 1 is 1.41 bits per heavy atom. The van der Waals surface area contributed by atoms with Crippen LogP contribution in [-0.4, -0.2) is 18.1 Å². The lowest BCUT2D eigenvalue weighted by atomic mass is 9.72. The summed E-state index contributed by atoms with van der Waals surface area (Å²) in [6, 6.07) is 0. The zero-order valence-electron chi connectivity index (χ0n) is 11.2. The summed E-state index contributed by atoms with van der Waals surface area (Å²) < 4.78 is 0. The molecule has 2 atom stereocenters. The van der Waals surface area contributed by atoms with E-state index in [-0.39, 0.29) is 0 Å². The summed E-state index contributed by atoms with van der Waals surface area (Å²) in [6.45, 7) is 8.97. The van der Waals surface area contributed by atoms with E-state index in [2.05, 4.69) is 36.5 Å². The molecule has 2 unspecified atom stereocenters. The van der Waals surface area contributed by atoms with E-state index >= 15 is 0 Å². The molecule has 2 nitrogen and oxygen atoms in total. The van der Waals surface area contributed by atoms with Gasteiger partial charge < -0.3 is 5.32 Å². The zero-order valence-corrected chi connectivity index (χ0v) is 12.0. The second-order valence-electron chi connectivity index (χ2n) is 5.74. The van der Waals surface area contributed by atoms with Crippen molar-refractivity contribution in [2.45, 2.75) is 40.0 Å². The van der Waals surface area contributed by atoms with E-state index in [9.17, 15) is 0 Å². The molecule has 2 rings (SSSR count). The van der Waals surface area contributed by atoms with Crippen molar-refractivity contribution >= 4 is 11.3 Å². The van der Waals surface area contributed by atoms with Gasteiger partial charge in [0.05, 0.1) is 5.01 Å². The summed E-state index contributed by atoms with van der Waals surface area (Å²) in [5.74, 6) is 2.52. The van der Waals surface area contributed by atoms with Crippen LogP contribution in [0.2, 0.25) is 0 Å². The molecule has 3 heteroatoms. The van der Waals surface area contributed by atoms with Gasteiger partial charge in [-0.15, -0.1) is 11.3 Å². The third kappa shape index (κ3) is 3.78. The first kappa shape index (κ1) is 13.0. The third-order valence-electron chi connectivity index (χ3n) is 3.64. The number of hydrogen-bond donors (Lipinski definition) is 1. The van der Waals surface area contributed by atoms with Gasteiger partial charge in [-0.2, -0.15) is 0 Å². The molecule has 1 aliphatic carbocycles. The first-order valence-corrected chi connectivity index (χ1v) is 7.65. The van der Waals surface area contributed by atoms with E-state index in [4.69, 9.17) is 0 Å². The van der Waals surface area contributed by atoms with E-state index in [1.54, 1.807) is 0 Å². The first-order valence-electron chi connectivity index (χ1n) is 6.77. The number of aromatic nitrogens is 1. The van der Waals surface area contributed by atoms with E-state index in [0.717, 1.165) is 24.3 Å². The average molecular weight is 252 g/mol. The third-order valence-corrected chi connectivity index (χ3v) is 4.63. The van der Waals surface area contributed by atoms with Crippen LogP contribution in [0.3, 0.4) is 0 Å². The highest BCUT2D eigenvalue weighted by Crippen LogP contribution is 2.36. The standard InChI is InChI=1S/C14H24N2S/c1-10(2)7-15-8-13-5-4-12(13)6-14-16-11(3)9-17-14/h9-10,12-13,15H,4-8H2,1-3H3. The summed E-state index contributed by atoms with van der Waals surface area (Å²) in [5.41, 5.74) is 1.18. The van der Waals surface area contributed by atoms with Crippen molar-refractivity contribution in [3.63, 3.8) is 0 Å². The molecule has 1 N–H and O–H groups in total. The molecule has 96 valence electrons. The maximum absolute atomic E-state index is 4.57. The number of rotatable bonds is 6. The van der Waals surface area contributed by atoms with Crippen molar-refractivity contribution < 1.29 is 0 Å². The zero-order chi connectivity index (χ0) is 12.3. The smallest absolute Gasteiger partial charge is 0.0930 e. The Balaban J connectivity index is 1.71. The highest BCUT2D eigenvalue weighted by molar-refractivity contribution is 7.09. The van der Waals surface area contributed by atoms with Crippen LogP contribution in [0.15, 0.2) is 5.38 Å². The molecule has 1 aliphatic rings. The first-order chi connectivity index (χ1) is 8.15. The van der Waals surface area contributed by atoms with Gasteiger partial charge >= 0.3 is 0 Å². The largest absolute Gasteiger partial charge is 0.316 e. The number of hydrogen-bond acceptors (Lipinski definition) is 3. The van der Waals surface area contributed by atoms with Gasteiger partial charge in [0.1, 0.15) is 0 Å². The minimum atomic E-state index is 0.759. The maximum atomic E-state index is 4.57. The minimum Gasteiger partial charge on any atom is -0.316 e. The molecular formula is C14H24N2S. The summed E-state index contributed by atoms with van der Waals surface area (Å²) in [5, 5.41) is 7.09. The second kappa shape index (κ2) is 5.96. The van der Waals surface area contributed by atoms with Gasteiger partial charge in [-0.1, -0.05) is 13.8 Å². The Labute approximate surface area is 109 Å². The Morgan fingerprint density at radius 2 is 2.18 bits per heavy atom. The number of thiazole rings is 1. The van der Waals surface area contributed by atoms with Crippen molar-refractivity contribution in [3.8, 4) is 0 Å². The number of nitrogens with zero attached hydrogens (tertiary/aromatic N) is 1. The molecule has 0 spiro atoms. The summed E-state index contributed by atoms with van der Waals surface area (Å²) in [4.78, 5) is 4.57. The molecule has 17 heavy (non-hydrogen) atoms. The molecule has 0 radical (unpaired) electrons. The van der Waals surface area contributed by atoms with Crippen molar-refractivity contribution in [1.82, 2.24) is 10.3 Å². The SMILES string of the molecule is Cc1csc(CC2CCC2CNCC(C)C)n1. The van der Waals surface area contributed by atoms with Crippen LogP contribution in [0.5, 0.6) is 0 Å². The average Bonchev–Trinajstić information content (AvgIpc) is 2.65. The number of nitrogens with one attached hydrogen (secondary N) is 1. The van der Waals surface area contributed by atoms with E-state index in [1.807, 2.05) is 11.3 Å². The highest BCUT2D eigenvalue weighted by atomic mass is 32.1. The van der Waals surface area contributed by atoms with Gasteiger partial charge in [0.2, 0.25) is 0 Å². The Kier molecular flexibility index (Phi) is 4.57. The quantitative estimate of drug-likeness (QED) is 0.840. The molecule has 0 bridgehead atoms. The lowest BCUT2D eigenvalue weighted by molar-refractivity contribution is 0.169. The summed E-state index contributed by atoms with van der Waals surface area (Å²) in [6.07, 6.45) is 4.00. The Hall–Kier alpha value is -0.410. The van der Waals surface area contributed by atoms with Crippen LogP contribution in [0.25, 0.3) is 0 Å². The van der Waals surface area contributed by atoms with Crippen molar-refractivity contribution in [2.75, 3.05) is 13.1 Å². The molecular weight excluding hydrogens is 228 g/mol. The van der Waals surface area contributed by atoms with Crippen molar-refractivity contribution in [2.24, 2.45) is 17.8 Å². The molecule has 1 heterocycles. The molecule has 1 fully saturated rings. The molecule has 1 aromatic rings. The Morgan fingerprint density at radius 3 is 2.71 bits per heavy atom. The normalized spacial score (nSPS) is 24.0. The van der Waals surface area contributed by atoms with Gasteiger partial charge in [0.25, 0.3) is 0 Å². The van der Waals surface area contributed by atoms with Gasteiger partial charge in [-0.25, -0.2) is 4.98 Å². The fraction of sp³-hybridized carbons (Fsp3) is 0.786. The number of aryl methyl sites for hydroxylation is 1. The minimum absolute atomic E-state index is 0.759. The summed E-state index contributed by atoms with van der Waals surface area (Å²) >= 11 is 1.83. The molecule has 1 saturated carbocycles. The fourth-order valence-corrected chi connectivity index (χ4v) is 3.32. The highest BCUT2D eigenvalue weighted by Gasteiger charge is 2.30.